The number of nitrogens with two attached hydrogens (primary N) is 1. The highest BCUT2D eigenvalue weighted by atomic mass is 16.4. The smallest absolute Gasteiger partial charge is 0.328 e. The molecule has 0 saturated heterocycles. The molecule has 0 aromatic heterocycles. The molecule has 1 aliphatic rings. The molecule has 0 aromatic rings. The first-order chi connectivity index (χ1) is 6.02. The number of carbonyl (C=O) groups excluding carboxylic acids is 1. The largest absolute Gasteiger partial charge is 0.480 e. The molecule has 4 N–H and O–H groups in total. The molecule has 2 unspecified atom stereocenters. The lowest BCUT2D eigenvalue weighted by Crippen LogP contribution is -2.54. The van der Waals surface area contributed by atoms with E-state index < -0.39 is 17.6 Å². The SMILES string of the molecule is NC1(C(=O)O)CCCC(O)C1=C=O. The number of aliphatic hydroxyl groups excluding tert-OH is 1. The minimum Gasteiger partial charge on any atom is -0.480 e. The van der Waals surface area contributed by atoms with Crippen molar-refractivity contribution in [3.8, 4) is 0 Å². The van der Waals surface area contributed by atoms with Crippen molar-refractivity contribution in [1.29, 1.82) is 0 Å². The number of carboxylic acid groups (broad SMARTS) is 1. The quantitative estimate of drug-likeness (QED) is 0.458. The van der Waals surface area contributed by atoms with Crippen molar-refractivity contribution >= 4 is 11.9 Å². The van der Waals surface area contributed by atoms with Crippen LogP contribution in [0.2, 0.25) is 0 Å². The molecule has 0 spiro atoms. The van der Waals surface area contributed by atoms with Gasteiger partial charge in [0.25, 0.3) is 0 Å². The van der Waals surface area contributed by atoms with Gasteiger partial charge in [-0.15, -0.1) is 0 Å². The van der Waals surface area contributed by atoms with Gasteiger partial charge >= 0.3 is 5.97 Å². The van der Waals surface area contributed by atoms with E-state index in [9.17, 15) is 14.7 Å². The Morgan fingerprint density at radius 3 is 2.69 bits per heavy atom. The maximum Gasteiger partial charge on any atom is 0.328 e. The van der Waals surface area contributed by atoms with Gasteiger partial charge in [0.2, 0.25) is 0 Å². The maximum absolute atomic E-state index is 10.8. The summed E-state index contributed by atoms with van der Waals surface area (Å²) in [6, 6.07) is 0. The van der Waals surface area contributed by atoms with Crippen molar-refractivity contribution in [2.75, 3.05) is 0 Å². The van der Waals surface area contributed by atoms with E-state index in [1.54, 1.807) is 0 Å². The zero-order chi connectivity index (χ0) is 10.1. The minimum absolute atomic E-state index is 0.171. The van der Waals surface area contributed by atoms with E-state index >= 15 is 0 Å². The third-order valence-electron chi connectivity index (χ3n) is 2.35. The van der Waals surface area contributed by atoms with Crippen molar-refractivity contribution in [2.24, 2.45) is 5.73 Å². The van der Waals surface area contributed by atoms with Gasteiger partial charge in [-0.2, -0.15) is 0 Å². The van der Waals surface area contributed by atoms with Crippen LogP contribution in [-0.4, -0.2) is 33.8 Å². The lowest BCUT2D eigenvalue weighted by Gasteiger charge is -2.32. The van der Waals surface area contributed by atoms with Crippen LogP contribution in [0.25, 0.3) is 0 Å². The first-order valence-electron chi connectivity index (χ1n) is 3.98. The number of hydrogen-bond donors (Lipinski definition) is 3. The molecule has 1 saturated carbocycles. The summed E-state index contributed by atoms with van der Waals surface area (Å²) in [5, 5.41) is 18.1. The topological polar surface area (TPSA) is 101 Å². The van der Waals surface area contributed by atoms with E-state index in [4.69, 9.17) is 10.8 Å². The Labute approximate surface area is 74.8 Å². The standard InChI is InChI=1S/C8H11NO4/c9-8(7(12)13)3-1-2-6(11)5(8)4-10/h6,11H,1-3,9H2,(H,12,13). The second-order valence-electron chi connectivity index (χ2n) is 3.20. The van der Waals surface area contributed by atoms with Gasteiger partial charge in [-0.1, -0.05) is 0 Å². The number of carbonyl (C=O) groups is 1. The van der Waals surface area contributed by atoms with E-state index in [0.717, 1.165) is 0 Å². The van der Waals surface area contributed by atoms with Gasteiger partial charge in [-0.25, -0.2) is 9.59 Å². The fourth-order valence-corrected chi connectivity index (χ4v) is 1.53. The Hall–Kier alpha value is -1.16. The first-order valence-corrected chi connectivity index (χ1v) is 3.98. The van der Waals surface area contributed by atoms with Gasteiger partial charge in [0, 0.05) is 0 Å². The van der Waals surface area contributed by atoms with Crippen LogP contribution in [0.4, 0.5) is 0 Å². The molecule has 2 atom stereocenters. The van der Waals surface area contributed by atoms with Gasteiger partial charge in [0.1, 0.15) is 11.5 Å². The molecule has 1 aliphatic carbocycles. The van der Waals surface area contributed by atoms with Crippen LogP contribution in [-0.2, 0) is 9.59 Å². The summed E-state index contributed by atoms with van der Waals surface area (Å²) in [5.41, 5.74) is 3.52. The van der Waals surface area contributed by atoms with Gasteiger partial charge in [-0.3, -0.25) is 0 Å². The average molecular weight is 185 g/mol. The fourth-order valence-electron chi connectivity index (χ4n) is 1.53. The van der Waals surface area contributed by atoms with Crippen LogP contribution in [0, 0.1) is 0 Å². The summed E-state index contributed by atoms with van der Waals surface area (Å²) in [7, 11) is 0. The van der Waals surface area contributed by atoms with Gasteiger partial charge in [0.05, 0.1) is 11.7 Å². The Morgan fingerprint density at radius 1 is 1.69 bits per heavy atom. The summed E-state index contributed by atoms with van der Waals surface area (Å²) < 4.78 is 0. The van der Waals surface area contributed by atoms with Gasteiger partial charge in [-0.05, 0) is 19.3 Å². The van der Waals surface area contributed by atoms with Crippen LogP contribution < -0.4 is 5.73 Å². The molecule has 0 heterocycles. The lowest BCUT2D eigenvalue weighted by molar-refractivity contribution is -0.143. The predicted octanol–water partition coefficient (Wildman–Crippen LogP) is -0.929. The molecular formula is C8H11NO4. The summed E-state index contributed by atoms with van der Waals surface area (Å²) in [6.07, 6.45) is -0.0250. The number of aliphatic carboxylic acids is 1. The zero-order valence-corrected chi connectivity index (χ0v) is 6.99. The van der Waals surface area contributed by atoms with Crippen molar-refractivity contribution in [3.05, 3.63) is 5.57 Å². The van der Waals surface area contributed by atoms with Crippen molar-refractivity contribution < 1.29 is 19.8 Å². The molecule has 0 amide bonds. The lowest BCUT2D eigenvalue weighted by atomic mass is 9.77. The monoisotopic (exact) mass is 185 g/mol. The molecule has 1 rings (SSSR count). The van der Waals surface area contributed by atoms with Crippen molar-refractivity contribution in [3.63, 3.8) is 0 Å². The van der Waals surface area contributed by atoms with Crippen LogP contribution in [0.1, 0.15) is 19.3 Å². The van der Waals surface area contributed by atoms with Crippen molar-refractivity contribution in [2.45, 2.75) is 30.9 Å². The second kappa shape index (κ2) is 3.30. The van der Waals surface area contributed by atoms with Crippen molar-refractivity contribution in [1.82, 2.24) is 0 Å². The third-order valence-corrected chi connectivity index (χ3v) is 2.35. The molecule has 1 fully saturated rings. The summed E-state index contributed by atoms with van der Waals surface area (Å²) in [5.74, 6) is 0.149. The average Bonchev–Trinajstić information content (AvgIpc) is 2.04. The Morgan fingerprint density at radius 2 is 2.31 bits per heavy atom. The second-order valence-corrected chi connectivity index (χ2v) is 3.20. The Kier molecular flexibility index (Phi) is 2.52. The number of aliphatic hydroxyl groups is 1. The third kappa shape index (κ3) is 1.49. The highest BCUT2D eigenvalue weighted by Crippen LogP contribution is 2.30. The molecule has 0 aliphatic heterocycles. The number of rotatable bonds is 1. The Balaban J connectivity index is 3.08. The highest BCUT2D eigenvalue weighted by molar-refractivity contribution is 5.87. The fraction of sp³-hybridized carbons (Fsp3) is 0.625. The zero-order valence-electron chi connectivity index (χ0n) is 6.99. The van der Waals surface area contributed by atoms with Crippen LogP contribution in [0.5, 0.6) is 0 Å². The molecule has 5 nitrogen and oxygen atoms in total. The summed E-state index contributed by atoms with van der Waals surface area (Å²) >= 11 is 0. The Bertz CT molecular complexity index is 282. The van der Waals surface area contributed by atoms with E-state index in [1.807, 2.05) is 0 Å². The molecule has 72 valence electrons. The van der Waals surface area contributed by atoms with E-state index in [2.05, 4.69) is 0 Å². The molecule has 5 heteroatoms. The van der Waals surface area contributed by atoms with Crippen LogP contribution in [0.15, 0.2) is 5.57 Å². The molecule has 0 bridgehead atoms. The number of hydrogen-bond acceptors (Lipinski definition) is 4. The molecule has 13 heavy (non-hydrogen) atoms. The normalized spacial score (nSPS) is 34.0. The van der Waals surface area contributed by atoms with Crippen LogP contribution in [0.3, 0.4) is 0 Å². The predicted molar refractivity (Wildman–Crippen MR) is 43.6 cm³/mol. The maximum atomic E-state index is 10.8. The highest BCUT2D eigenvalue weighted by Gasteiger charge is 2.44. The molecule has 0 aromatic carbocycles. The van der Waals surface area contributed by atoms with E-state index in [0.29, 0.717) is 12.8 Å². The molecule has 0 radical (unpaired) electrons. The van der Waals surface area contributed by atoms with E-state index in [1.165, 1.54) is 5.94 Å². The van der Waals surface area contributed by atoms with E-state index in [-0.39, 0.29) is 12.0 Å². The first kappa shape index (κ1) is 9.92. The van der Waals surface area contributed by atoms with Gasteiger partial charge < -0.3 is 15.9 Å². The number of carboxylic acids is 1. The minimum atomic E-state index is -1.72. The molecular weight excluding hydrogens is 174 g/mol. The van der Waals surface area contributed by atoms with Gasteiger partial charge in [0.15, 0.2) is 0 Å². The summed E-state index contributed by atoms with van der Waals surface area (Å²) in [6.45, 7) is 0. The summed E-state index contributed by atoms with van der Waals surface area (Å²) in [4.78, 5) is 21.2. The van der Waals surface area contributed by atoms with Crippen LogP contribution >= 0.6 is 0 Å².